The summed E-state index contributed by atoms with van der Waals surface area (Å²) >= 11 is 0. The van der Waals surface area contributed by atoms with Gasteiger partial charge in [-0.3, -0.25) is 33.6 Å². The van der Waals surface area contributed by atoms with Crippen molar-refractivity contribution in [2.75, 3.05) is 18.1 Å². The number of phenols is 1. The molecule has 410 valence electrons. The maximum atomic E-state index is 14.8. The highest BCUT2D eigenvalue weighted by Crippen LogP contribution is 2.24. The zero-order valence-corrected chi connectivity index (χ0v) is 44.4. The van der Waals surface area contributed by atoms with E-state index in [1.807, 2.05) is 6.07 Å². The van der Waals surface area contributed by atoms with Crippen molar-refractivity contribution in [2.24, 2.45) is 0 Å². The molecule has 1 aliphatic rings. The van der Waals surface area contributed by atoms with E-state index in [1.165, 1.54) is 38.1 Å². The van der Waals surface area contributed by atoms with Crippen LogP contribution in [0.25, 0.3) is 10.9 Å². The number of aromatic hydroxyl groups is 1. The summed E-state index contributed by atoms with van der Waals surface area (Å²) < 4.78 is 5.30. The summed E-state index contributed by atoms with van der Waals surface area (Å²) in [6.07, 6.45) is -0.541. The van der Waals surface area contributed by atoms with Crippen molar-refractivity contribution in [2.45, 2.75) is 127 Å². The van der Waals surface area contributed by atoms with Crippen LogP contribution < -0.4 is 42.5 Å². The summed E-state index contributed by atoms with van der Waals surface area (Å²) in [5.74, 6) is -8.04. The van der Waals surface area contributed by atoms with Crippen LogP contribution in [0.3, 0.4) is 0 Å². The SMILES string of the molecule is CC(=O)N[C@H](Cc1ccccc1)C(=O)N[C@H]1CSSC[C@@H](C(=O)O)NC(=O)[C@H]([C@@H](C)O)NC(=O)[C@H](CCCCNC(=O)OC(C)(C)C)NC(=O)[C@@H](Cc2c[nH]c3ccccc23)NC(=O)[C@H](Cc2ccc(O)cc2)NC1=O. The van der Waals surface area contributed by atoms with E-state index in [0.717, 1.165) is 21.6 Å². The topological polar surface area (TPSA) is 336 Å². The van der Waals surface area contributed by atoms with E-state index in [0.29, 0.717) is 27.6 Å². The van der Waals surface area contributed by atoms with E-state index in [9.17, 15) is 58.5 Å². The number of alkyl carbamates (subject to hydrolysis) is 1. The fourth-order valence-corrected chi connectivity index (χ4v) is 10.3. The lowest BCUT2D eigenvalue weighted by atomic mass is 10.0. The molecule has 76 heavy (non-hydrogen) atoms. The highest BCUT2D eigenvalue weighted by molar-refractivity contribution is 8.76. The number of hydrogen-bond donors (Lipinski definition) is 12. The van der Waals surface area contributed by atoms with Crippen LogP contribution in [0.4, 0.5) is 4.79 Å². The molecule has 8 amide bonds. The number of benzene rings is 3. The number of aliphatic hydroxyl groups excluding tert-OH is 1. The van der Waals surface area contributed by atoms with Crippen molar-refractivity contribution in [3.05, 3.63) is 102 Å². The largest absolute Gasteiger partial charge is 0.508 e. The molecular weight excluding hydrogens is 1020 g/mol. The molecule has 0 unspecified atom stereocenters. The van der Waals surface area contributed by atoms with E-state index in [2.05, 4.69) is 47.5 Å². The number of carbonyl (C=O) groups excluding carboxylic acids is 8. The van der Waals surface area contributed by atoms with Crippen molar-refractivity contribution in [1.82, 2.24) is 47.5 Å². The number of aliphatic carboxylic acids is 1. The lowest BCUT2D eigenvalue weighted by Gasteiger charge is -2.29. The van der Waals surface area contributed by atoms with E-state index >= 15 is 0 Å². The second kappa shape index (κ2) is 28.5. The first-order chi connectivity index (χ1) is 36.1. The number of carboxylic acids is 1. The van der Waals surface area contributed by atoms with Crippen LogP contribution in [0.2, 0.25) is 0 Å². The van der Waals surface area contributed by atoms with Crippen LogP contribution in [0, 0.1) is 0 Å². The number of para-hydroxylation sites is 1. The molecule has 2 heterocycles. The molecule has 0 aliphatic carbocycles. The number of aromatic nitrogens is 1. The van der Waals surface area contributed by atoms with Crippen molar-refractivity contribution >= 4 is 85.9 Å². The number of nitrogens with one attached hydrogen (secondary N) is 9. The average Bonchev–Trinajstić information content (AvgIpc) is 3.77. The quantitative estimate of drug-likeness (QED) is 0.0563. The van der Waals surface area contributed by atoms with Crippen LogP contribution in [-0.4, -0.2) is 146 Å². The molecule has 12 N–H and O–H groups in total. The number of phenolic OH excluding ortho intramolecular Hbond substituents is 1. The molecule has 4 aromatic rings. The zero-order valence-electron chi connectivity index (χ0n) is 42.8. The lowest BCUT2D eigenvalue weighted by Crippen LogP contribution is -2.62. The molecule has 3 aromatic carbocycles. The smallest absolute Gasteiger partial charge is 0.407 e. The lowest BCUT2D eigenvalue weighted by molar-refractivity contribution is -0.142. The summed E-state index contributed by atoms with van der Waals surface area (Å²) in [7, 11) is 1.86. The second-order valence-electron chi connectivity index (χ2n) is 19.2. The number of hydrogen-bond acceptors (Lipinski definition) is 14. The van der Waals surface area contributed by atoms with Crippen LogP contribution in [-0.2, 0) is 62.4 Å². The van der Waals surface area contributed by atoms with Gasteiger partial charge in [0.05, 0.1) is 6.10 Å². The first-order valence-corrected chi connectivity index (χ1v) is 27.1. The fourth-order valence-electron chi connectivity index (χ4n) is 7.96. The molecule has 0 bridgehead atoms. The van der Waals surface area contributed by atoms with E-state index in [4.69, 9.17) is 4.74 Å². The Morgan fingerprint density at radius 3 is 2.01 bits per heavy atom. The molecule has 5 rings (SSSR count). The number of amides is 8. The Balaban J connectivity index is 1.55. The van der Waals surface area contributed by atoms with Crippen molar-refractivity contribution in [1.29, 1.82) is 0 Å². The summed E-state index contributed by atoms with van der Waals surface area (Å²) in [6, 6.07) is 11.5. The summed E-state index contributed by atoms with van der Waals surface area (Å²) in [4.78, 5) is 127. The summed E-state index contributed by atoms with van der Waals surface area (Å²) in [6.45, 7) is 7.66. The van der Waals surface area contributed by atoms with Crippen LogP contribution >= 0.6 is 21.6 Å². The van der Waals surface area contributed by atoms with Crippen molar-refractivity contribution in [3.63, 3.8) is 0 Å². The first-order valence-electron chi connectivity index (χ1n) is 24.6. The third-order valence-corrected chi connectivity index (χ3v) is 14.2. The highest BCUT2D eigenvalue weighted by Gasteiger charge is 2.36. The number of ether oxygens (including phenoxy) is 1. The predicted octanol–water partition coefficient (Wildman–Crippen LogP) is 1.87. The van der Waals surface area contributed by atoms with E-state index < -0.39 is 107 Å². The van der Waals surface area contributed by atoms with Gasteiger partial charge in [-0.15, -0.1) is 0 Å². The first kappa shape index (κ1) is 59.6. The summed E-state index contributed by atoms with van der Waals surface area (Å²) in [5.41, 5.74) is 1.69. The second-order valence-corrected chi connectivity index (χ2v) is 21.8. The molecular formula is C52H67N9O13S2. The molecule has 1 fully saturated rings. The molecule has 1 saturated heterocycles. The molecule has 22 nitrogen and oxygen atoms in total. The van der Waals surface area contributed by atoms with Crippen LogP contribution in [0.5, 0.6) is 5.75 Å². The molecule has 0 radical (unpaired) electrons. The Hall–Kier alpha value is -7.31. The van der Waals surface area contributed by atoms with Gasteiger partial charge in [0.2, 0.25) is 41.4 Å². The van der Waals surface area contributed by atoms with Gasteiger partial charge in [-0.25, -0.2) is 9.59 Å². The molecule has 24 heteroatoms. The number of unbranched alkanes of at least 4 members (excludes halogenated alkanes) is 1. The van der Waals surface area contributed by atoms with Gasteiger partial charge in [0.15, 0.2) is 0 Å². The number of fused-ring (bicyclic) bond motifs is 1. The standard InChI is InChI=1S/C52H67N9O13S2/c1-29(62)43-49(70)60-42(50(71)72)28-76-75-27-41(59-45(66)38(55-30(2)63)23-31-13-7-6-8-14-31)48(69)57-39(24-32-18-20-34(64)21-19-32)46(67)58-40(25-33-26-54-36-16-10-9-15-35(33)36)47(68)56-37(44(65)61-43)17-11-12-22-53-51(73)74-52(3,4)5/h6-10,13-16,18-21,26,29,37-43,54,62,64H,11-12,17,22-25,27-28H2,1-5H3,(H,53,73)(H,55,63)(H,56,68)(H,57,69)(H,58,67)(H,59,66)(H,60,70)(H,61,65)(H,71,72)/t29-,37+,38-,39+,40-,41+,42+,43+/m1/s1. The van der Waals surface area contributed by atoms with Gasteiger partial charge < -0.3 is 67.6 Å². The predicted molar refractivity (Wildman–Crippen MR) is 285 cm³/mol. The normalized spacial score (nSPS) is 21.3. The number of H-pyrrole nitrogens is 1. The van der Waals surface area contributed by atoms with Gasteiger partial charge in [-0.2, -0.15) is 0 Å². The van der Waals surface area contributed by atoms with Gasteiger partial charge in [0.1, 0.15) is 53.6 Å². The minimum atomic E-state index is -1.73. The number of carbonyl (C=O) groups is 9. The third kappa shape index (κ3) is 19.1. The average molecular weight is 1090 g/mol. The Morgan fingerprint density at radius 1 is 0.737 bits per heavy atom. The number of aliphatic hydroxyl groups is 1. The van der Waals surface area contributed by atoms with Gasteiger partial charge in [0, 0.05) is 61.3 Å². The zero-order chi connectivity index (χ0) is 55.5. The Kier molecular flexibility index (Phi) is 22.4. The maximum absolute atomic E-state index is 14.8. The van der Waals surface area contributed by atoms with Crippen LogP contribution in [0.1, 0.15) is 70.6 Å². The molecule has 8 atom stereocenters. The van der Waals surface area contributed by atoms with Gasteiger partial charge in [-0.1, -0.05) is 82.3 Å². The van der Waals surface area contributed by atoms with Crippen molar-refractivity contribution < 1.29 is 63.2 Å². The fraction of sp³-hybridized carbons (Fsp3) is 0.442. The third-order valence-electron chi connectivity index (χ3n) is 11.8. The maximum Gasteiger partial charge on any atom is 0.407 e. The monoisotopic (exact) mass is 1090 g/mol. The molecule has 1 aliphatic heterocycles. The molecule has 1 aromatic heterocycles. The highest BCUT2D eigenvalue weighted by atomic mass is 33.1. The molecule has 0 spiro atoms. The minimum absolute atomic E-state index is 0.0360. The Bertz CT molecular complexity index is 2670. The van der Waals surface area contributed by atoms with Gasteiger partial charge >= 0.3 is 12.1 Å². The van der Waals surface area contributed by atoms with E-state index in [-0.39, 0.29) is 62.3 Å². The summed E-state index contributed by atoms with van der Waals surface area (Å²) in [5, 5.41) is 52.8. The van der Waals surface area contributed by atoms with Crippen LogP contribution in [0.15, 0.2) is 85.1 Å². The number of aromatic amines is 1. The van der Waals surface area contributed by atoms with Gasteiger partial charge in [-0.05, 0) is 81.8 Å². The Labute approximate surface area is 447 Å². The molecule has 0 saturated carbocycles. The number of rotatable bonds is 16. The van der Waals surface area contributed by atoms with Gasteiger partial charge in [0.25, 0.3) is 0 Å². The Morgan fingerprint density at radius 2 is 1.36 bits per heavy atom. The minimum Gasteiger partial charge on any atom is -0.508 e. The van der Waals surface area contributed by atoms with Crippen molar-refractivity contribution in [3.8, 4) is 5.75 Å². The van der Waals surface area contributed by atoms with E-state index in [1.54, 1.807) is 75.5 Å². The number of carboxylic acid groups (broad SMARTS) is 1.